The molecule has 2 atom stereocenters. The highest BCUT2D eigenvalue weighted by Gasteiger charge is 2.39. The Morgan fingerprint density at radius 1 is 1.27 bits per heavy atom. The van der Waals surface area contributed by atoms with E-state index in [1.165, 1.54) is 4.90 Å². The van der Waals surface area contributed by atoms with E-state index in [9.17, 15) is 14.4 Å². The first kappa shape index (κ1) is 19.8. The number of hydrogen-bond donors (Lipinski definition) is 1. The highest BCUT2D eigenvalue weighted by Crippen LogP contribution is 2.18. The van der Waals surface area contributed by atoms with Gasteiger partial charge in [0.1, 0.15) is 24.3 Å². The van der Waals surface area contributed by atoms with Crippen molar-refractivity contribution in [3.63, 3.8) is 0 Å². The molecule has 0 spiro atoms. The molecule has 1 aromatic rings. The zero-order chi connectivity index (χ0) is 19.3. The van der Waals surface area contributed by atoms with Crippen molar-refractivity contribution in [3.8, 4) is 0 Å². The maximum atomic E-state index is 12.5. The number of nitrogens with one attached hydrogen (secondary N) is 1. The summed E-state index contributed by atoms with van der Waals surface area (Å²) in [6.45, 7) is 7.46. The number of likely N-dealkylation sites (tertiary alicyclic amines) is 1. The molecule has 0 unspecified atom stereocenters. The van der Waals surface area contributed by atoms with Gasteiger partial charge in [-0.05, 0) is 39.7 Å². The van der Waals surface area contributed by atoms with Crippen molar-refractivity contribution < 1.29 is 23.9 Å². The normalized spacial score (nSPS) is 18.4. The predicted octanol–water partition coefficient (Wildman–Crippen LogP) is 2.24. The van der Waals surface area contributed by atoms with Crippen molar-refractivity contribution >= 4 is 18.0 Å². The molecule has 0 bridgehead atoms. The summed E-state index contributed by atoms with van der Waals surface area (Å²) >= 11 is 0. The van der Waals surface area contributed by atoms with Crippen LogP contribution in [-0.2, 0) is 25.7 Å². The van der Waals surface area contributed by atoms with Gasteiger partial charge in [-0.1, -0.05) is 30.3 Å². The molecular weight excluding hydrogens is 336 g/mol. The molecule has 1 aliphatic heterocycles. The van der Waals surface area contributed by atoms with E-state index in [4.69, 9.17) is 9.47 Å². The number of amides is 2. The number of alkyl carbamates (subject to hydrolysis) is 1. The van der Waals surface area contributed by atoms with Gasteiger partial charge >= 0.3 is 12.1 Å². The SMILES string of the molecule is C[C@H](C(=O)OC(C)(C)C)N1CC[C@H](NC(=O)OCc2ccccc2)C1=O. The molecule has 26 heavy (non-hydrogen) atoms. The second-order valence-electron chi connectivity index (χ2n) is 7.29. The van der Waals surface area contributed by atoms with Crippen LogP contribution in [0.3, 0.4) is 0 Å². The van der Waals surface area contributed by atoms with E-state index in [1.807, 2.05) is 30.3 Å². The summed E-state index contributed by atoms with van der Waals surface area (Å²) in [5.41, 5.74) is 0.244. The van der Waals surface area contributed by atoms with Gasteiger partial charge in [-0.25, -0.2) is 9.59 Å². The van der Waals surface area contributed by atoms with E-state index < -0.39 is 29.7 Å². The Morgan fingerprint density at radius 2 is 1.92 bits per heavy atom. The monoisotopic (exact) mass is 362 g/mol. The van der Waals surface area contributed by atoms with Crippen molar-refractivity contribution in [2.45, 2.75) is 58.4 Å². The first-order valence-corrected chi connectivity index (χ1v) is 8.68. The standard InChI is InChI=1S/C19H26N2O5/c1-13(17(23)26-19(2,3)4)21-11-10-15(16(21)22)20-18(24)25-12-14-8-6-5-7-9-14/h5-9,13,15H,10-12H2,1-4H3,(H,20,24)/t13-,15+/m1/s1. The Balaban J connectivity index is 1.84. The summed E-state index contributed by atoms with van der Waals surface area (Å²) in [4.78, 5) is 38.0. The van der Waals surface area contributed by atoms with E-state index in [2.05, 4.69) is 5.32 Å². The van der Waals surface area contributed by atoms with Crippen LogP contribution in [0.4, 0.5) is 4.79 Å². The van der Waals surface area contributed by atoms with Gasteiger partial charge in [-0.15, -0.1) is 0 Å². The lowest BCUT2D eigenvalue weighted by Crippen LogP contribution is -2.47. The van der Waals surface area contributed by atoms with Crippen LogP contribution in [0.5, 0.6) is 0 Å². The summed E-state index contributed by atoms with van der Waals surface area (Å²) in [5.74, 6) is -0.766. The van der Waals surface area contributed by atoms with E-state index >= 15 is 0 Å². The zero-order valence-corrected chi connectivity index (χ0v) is 15.7. The molecule has 142 valence electrons. The Kier molecular flexibility index (Phi) is 6.23. The number of benzene rings is 1. The second-order valence-corrected chi connectivity index (χ2v) is 7.29. The third-order valence-electron chi connectivity index (χ3n) is 3.96. The lowest BCUT2D eigenvalue weighted by Gasteiger charge is -2.27. The third kappa shape index (κ3) is 5.47. The van der Waals surface area contributed by atoms with Gasteiger partial charge in [0.25, 0.3) is 0 Å². The third-order valence-corrected chi connectivity index (χ3v) is 3.96. The van der Waals surface area contributed by atoms with Crippen LogP contribution in [0.25, 0.3) is 0 Å². The minimum absolute atomic E-state index is 0.131. The summed E-state index contributed by atoms with van der Waals surface area (Å²) in [5, 5.41) is 2.57. The van der Waals surface area contributed by atoms with Crippen LogP contribution in [0, 0.1) is 0 Å². The van der Waals surface area contributed by atoms with Gasteiger partial charge in [0, 0.05) is 6.54 Å². The molecule has 1 saturated heterocycles. The second kappa shape index (κ2) is 8.21. The van der Waals surface area contributed by atoms with Gasteiger partial charge in [-0.2, -0.15) is 0 Å². The molecule has 1 fully saturated rings. The fraction of sp³-hybridized carbons (Fsp3) is 0.526. The van der Waals surface area contributed by atoms with Gasteiger partial charge in [0.15, 0.2) is 0 Å². The number of esters is 1. The largest absolute Gasteiger partial charge is 0.458 e. The topological polar surface area (TPSA) is 84.9 Å². The molecule has 7 nitrogen and oxygen atoms in total. The average Bonchev–Trinajstić information content (AvgIpc) is 2.92. The van der Waals surface area contributed by atoms with Crippen molar-refractivity contribution in [1.82, 2.24) is 10.2 Å². The zero-order valence-electron chi connectivity index (χ0n) is 15.7. The quantitative estimate of drug-likeness (QED) is 0.812. The Bertz CT molecular complexity index is 654. The van der Waals surface area contributed by atoms with Gasteiger partial charge in [0.05, 0.1) is 0 Å². The molecule has 1 heterocycles. The van der Waals surface area contributed by atoms with Gasteiger partial charge < -0.3 is 19.7 Å². The number of hydrogen-bond acceptors (Lipinski definition) is 5. The van der Waals surface area contributed by atoms with Crippen molar-refractivity contribution in [3.05, 3.63) is 35.9 Å². The summed E-state index contributed by atoms with van der Waals surface area (Å²) in [6, 6.07) is 7.88. The number of carbonyl (C=O) groups is 3. The number of carbonyl (C=O) groups excluding carboxylic acids is 3. The fourth-order valence-electron chi connectivity index (χ4n) is 2.64. The minimum atomic E-state index is -0.700. The molecule has 2 amide bonds. The molecule has 0 aliphatic carbocycles. The first-order valence-electron chi connectivity index (χ1n) is 8.68. The van der Waals surface area contributed by atoms with Crippen molar-refractivity contribution in [1.29, 1.82) is 0 Å². The molecule has 1 aliphatic rings. The van der Waals surface area contributed by atoms with Crippen LogP contribution >= 0.6 is 0 Å². The van der Waals surface area contributed by atoms with E-state index in [0.29, 0.717) is 13.0 Å². The molecule has 0 radical (unpaired) electrons. The molecule has 1 N–H and O–H groups in total. The highest BCUT2D eigenvalue weighted by molar-refractivity contribution is 5.91. The molecule has 0 aromatic heterocycles. The Labute approximate surface area is 153 Å². The van der Waals surface area contributed by atoms with Crippen molar-refractivity contribution in [2.24, 2.45) is 0 Å². The lowest BCUT2D eigenvalue weighted by atomic mass is 10.2. The lowest BCUT2D eigenvalue weighted by molar-refractivity contribution is -0.163. The molecule has 1 aromatic carbocycles. The molecular formula is C19H26N2O5. The number of ether oxygens (including phenoxy) is 2. The summed E-state index contributed by atoms with van der Waals surface area (Å²) in [6.07, 6.45) is -0.231. The van der Waals surface area contributed by atoms with E-state index in [1.54, 1.807) is 27.7 Å². The summed E-state index contributed by atoms with van der Waals surface area (Å²) < 4.78 is 10.5. The van der Waals surface area contributed by atoms with Crippen LogP contribution in [0.1, 0.15) is 39.7 Å². The Hall–Kier alpha value is -2.57. The van der Waals surface area contributed by atoms with Gasteiger partial charge in [0.2, 0.25) is 5.91 Å². The predicted molar refractivity (Wildman–Crippen MR) is 95.2 cm³/mol. The minimum Gasteiger partial charge on any atom is -0.458 e. The number of rotatable bonds is 5. The maximum absolute atomic E-state index is 12.5. The van der Waals surface area contributed by atoms with Crippen LogP contribution in [0.2, 0.25) is 0 Å². The Morgan fingerprint density at radius 3 is 2.54 bits per heavy atom. The summed E-state index contributed by atoms with van der Waals surface area (Å²) in [7, 11) is 0. The van der Waals surface area contributed by atoms with Crippen LogP contribution in [0.15, 0.2) is 30.3 Å². The van der Waals surface area contributed by atoms with E-state index in [0.717, 1.165) is 5.56 Å². The van der Waals surface area contributed by atoms with Crippen LogP contribution < -0.4 is 5.32 Å². The van der Waals surface area contributed by atoms with E-state index in [-0.39, 0.29) is 12.5 Å². The molecule has 2 rings (SSSR count). The highest BCUT2D eigenvalue weighted by atomic mass is 16.6. The van der Waals surface area contributed by atoms with Crippen LogP contribution in [-0.4, -0.2) is 47.1 Å². The molecule has 0 saturated carbocycles. The average molecular weight is 362 g/mol. The first-order chi connectivity index (χ1) is 12.2. The fourth-order valence-corrected chi connectivity index (χ4v) is 2.64. The van der Waals surface area contributed by atoms with Crippen molar-refractivity contribution in [2.75, 3.05) is 6.54 Å². The maximum Gasteiger partial charge on any atom is 0.408 e. The number of nitrogens with zero attached hydrogens (tertiary/aromatic N) is 1. The molecule has 7 heteroatoms. The van der Waals surface area contributed by atoms with Gasteiger partial charge in [-0.3, -0.25) is 4.79 Å². The smallest absolute Gasteiger partial charge is 0.408 e.